The number of aryl methyl sites for hydroxylation is 1. The number of benzene rings is 2. The van der Waals surface area contributed by atoms with Gasteiger partial charge >= 0.3 is 6.18 Å². The molecule has 27 heavy (non-hydrogen) atoms. The molecule has 0 aliphatic heterocycles. The van der Waals surface area contributed by atoms with Gasteiger partial charge in [0.1, 0.15) is 0 Å². The summed E-state index contributed by atoms with van der Waals surface area (Å²) < 4.78 is 39.2. The van der Waals surface area contributed by atoms with Crippen LogP contribution in [0.15, 0.2) is 48.5 Å². The topological polar surface area (TPSA) is 74.2 Å². The van der Waals surface area contributed by atoms with E-state index in [0.717, 1.165) is 24.3 Å². The van der Waals surface area contributed by atoms with E-state index in [1.165, 1.54) is 4.57 Å². The van der Waals surface area contributed by atoms with Gasteiger partial charge in [-0.05, 0) is 35.9 Å². The van der Waals surface area contributed by atoms with Gasteiger partial charge in [-0.2, -0.15) is 13.2 Å². The van der Waals surface area contributed by atoms with E-state index in [9.17, 15) is 27.9 Å². The summed E-state index contributed by atoms with van der Waals surface area (Å²) in [4.78, 5) is 23.8. The predicted molar refractivity (Wildman–Crippen MR) is 91.0 cm³/mol. The minimum absolute atomic E-state index is 0.112. The van der Waals surface area contributed by atoms with Crippen molar-refractivity contribution in [3.05, 3.63) is 65.4 Å². The first-order valence-electron chi connectivity index (χ1n) is 7.93. The molecule has 0 atom stereocenters. The van der Waals surface area contributed by atoms with Crippen LogP contribution >= 0.6 is 0 Å². The van der Waals surface area contributed by atoms with Gasteiger partial charge < -0.3 is 19.8 Å². The normalized spacial score (nSPS) is 11.6. The SMILES string of the molecule is Cn1c(C(=O)[O-])c(CC(=O)Nc2ccc(C(F)(F)F)cc2)c2ccccc21. The lowest BCUT2D eigenvalue weighted by molar-refractivity contribution is -0.255. The molecule has 0 spiro atoms. The van der Waals surface area contributed by atoms with Crippen LogP contribution in [0.2, 0.25) is 0 Å². The second-order valence-corrected chi connectivity index (χ2v) is 5.99. The van der Waals surface area contributed by atoms with Gasteiger partial charge in [-0.3, -0.25) is 4.79 Å². The molecule has 140 valence electrons. The number of hydrogen-bond acceptors (Lipinski definition) is 3. The Morgan fingerprint density at radius 1 is 1.07 bits per heavy atom. The minimum Gasteiger partial charge on any atom is -0.543 e. The second-order valence-electron chi connectivity index (χ2n) is 5.99. The molecule has 0 bridgehead atoms. The number of carboxylic acids is 1. The first-order valence-corrected chi connectivity index (χ1v) is 7.93. The van der Waals surface area contributed by atoms with Crippen molar-refractivity contribution in [1.29, 1.82) is 0 Å². The standard InChI is InChI=1S/C19H15F3N2O3/c1-24-15-5-3-2-4-13(15)14(17(24)18(26)27)10-16(25)23-12-8-6-11(7-9-12)19(20,21)22/h2-9H,10H2,1H3,(H,23,25)(H,26,27)/p-1. The largest absolute Gasteiger partial charge is 0.543 e. The number of nitrogens with zero attached hydrogens (tertiary/aromatic N) is 1. The van der Waals surface area contributed by atoms with Crippen LogP contribution in [0.1, 0.15) is 21.6 Å². The Hall–Kier alpha value is -3.29. The summed E-state index contributed by atoms with van der Waals surface area (Å²) in [5.41, 5.74) is 0.169. The van der Waals surface area contributed by atoms with E-state index in [2.05, 4.69) is 5.32 Å². The maximum atomic E-state index is 12.6. The van der Waals surface area contributed by atoms with E-state index in [0.29, 0.717) is 10.9 Å². The first kappa shape index (κ1) is 18.5. The molecule has 3 aromatic rings. The fourth-order valence-corrected chi connectivity index (χ4v) is 3.02. The summed E-state index contributed by atoms with van der Waals surface area (Å²) in [5, 5.41) is 14.6. The molecule has 3 rings (SSSR count). The Morgan fingerprint density at radius 2 is 1.70 bits per heavy atom. The summed E-state index contributed by atoms with van der Waals surface area (Å²) >= 11 is 0. The highest BCUT2D eigenvalue weighted by Crippen LogP contribution is 2.30. The number of anilines is 1. The smallest absolute Gasteiger partial charge is 0.416 e. The number of amides is 1. The number of carbonyl (C=O) groups is 2. The zero-order valence-electron chi connectivity index (χ0n) is 14.1. The summed E-state index contributed by atoms with van der Waals surface area (Å²) in [6.45, 7) is 0. The highest BCUT2D eigenvalue weighted by Gasteiger charge is 2.30. The molecule has 1 aromatic heterocycles. The van der Waals surface area contributed by atoms with Gasteiger partial charge in [0.15, 0.2) is 0 Å². The number of nitrogens with one attached hydrogen (secondary N) is 1. The third kappa shape index (κ3) is 3.64. The predicted octanol–water partition coefficient (Wildman–Crippen LogP) is 2.74. The van der Waals surface area contributed by atoms with Crippen molar-refractivity contribution in [2.24, 2.45) is 7.05 Å². The fraction of sp³-hybridized carbons (Fsp3) is 0.158. The first-order chi connectivity index (χ1) is 12.7. The Bertz CT molecular complexity index is 1020. The molecule has 0 radical (unpaired) electrons. The Morgan fingerprint density at radius 3 is 2.30 bits per heavy atom. The maximum absolute atomic E-state index is 12.6. The van der Waals surface area contributed by atoms with E-state index < -0.39 is 23.6 Å². The van der Waals surface area contributed by atoms with Crippen LogP contribution in [0.3, 0.4) is 0 Å². The molecule has 1 amide bonds. The molecule has 0 fully saturated rings. The highest BCUT2D eigenvalue weighted by molar-refractivity contribution is 6.02. The number of carbonyl (C=O) groups excluding carboxylic acids is 2. The lowest BCUT2D eigenvalue weighted by atomic mass is 10.1. The van der Waals surface area contributed by atoms with Crippen LogP contribution in [0, 0.1) is 0 Å². The highest BCUT2D eigenvalue weighted by atomic mass is 19.4. The Kier molecular flexibility index (Phi) is 4.65. The van der Waals surface area contributed by atoms with E-state index in [1.807, 2.05) is 0 Å². The lowest BCUT2D eigenvalue weighted by Crippen LogP contribution is -2.27. The maximum Gasteiger partial charge on any atom is 0.416 e. The number of carboxylic acid groups (broad SMARTS) is 1. The van der Waals surface area contributed by atoms with Crippen molar-refractivity contribution in [2.75, 3.05) is 5.32 Å². The number of fused-ring (bicyclic) bond motifs is 1. The zero-order valence-corrected chi connectivity index (χ0v) is 14.1. The van der Waals surface area contributed by atoms with Gasteiger partial charge in [0.25, 0.3) is 0 Å². The van der Waals surface area contributed by atoms with Gasteiger partial charge in [-0.15, -0.1) is 0 Å². The van der Waals surface area contributed by atoms with Crippen molar-refractivity contribution in [2.45, 2.75) is 12.6 Å². The number of hydrogen-bond donors (Lipinski definition) is 1. The van der Waals surface area contributed by atoms with Crippen LogP contribution in [-0.4, -0.2) is 16.4 Å². The molecule has 0 saturated heterocycles. The summed E-state index contributed by atoms with van der Waals surface area (Å²) in [5.74, 6) is -1.96. The van der Waals surface area contributed by atoms with E-state index in [1.54, 1.807) is 31.3 Å². The molecular weight excluding hydrogens is 361 g/mol. The van der Waals surface area contributed by atoms with Crippen LogP contribution in [0.4, 0.5) is 18.9 Å². The number of halogens is 3. The van der Waals surface area contributed by atoms with Gasteiger partial charge in [-0.25, -0.2) is 0 Å². The Balaban J connectivity index is 1.86. The van der Waals surface area contributed by atoms with Crippen molar-refractivity contribution in [1.82, 2.24) is 4.57 Å². The molecule has 0 saturated carbocycles. The van der Waals surface area contributed by atoms with Crippen molar-refractivity contribution >= 4 is 28.5 Å². The molecule has 8 heteroatoms. The van der Waals surface area contributed by atoms with Crippen LogP contribution in [0.5, 0.6) is 0 Å². The number of aromatic nitrogens is 1. The van der Waals surface area contributed by atoms with Gasteiger partial charge in [0.05, 0.1) is 23.6 Å². The molecule has 0 unspecified atom stereocenters. The number of aromatic carboxylic acids is 1. The quantitative estimate of drug-likeness (QED) is 0.762. The molecule has 0 aliphatic carbocycles. The van der Waals surface area contributed by atoms with Crippen molar-refractivity contribution in [3.8, 4) is 0 Å². The monoisotopic (exact) mass is 375 g/mol. The summed E-state index contributed by atoms with van der Waals surface area (Å²) in [6, 6.07) is 10.9. The lowest BCUT2D eigenvalue weighted by Gasteiger charge is -2.10. The third-order valence-corrected chi connectivity index (χ3v) is 4.24. The molecule has 5 nitrogen and oxygen atoms in total. The second kappa shape index (κ2) is 6.79. The van der Waals surface area contributed by atoms with Gasteiger partial charge in [0, 0.05) is 23.6 Å². The number of alkyl halides is 3. The summed E-state index contributed by atoms with van der Waals surface area (Å²) in [6.07, 6.45) is -4.72. The molecule has 1 N–H and O–H groups in total. The molecule has 0 aliphatic rings. The average Bonchev–Trinajstić information content (AvgIpc) is 2.87. The molecule has 2 aromatic carbocycles. The van der Waals surface area contributed by atoms with Gasteiger partial charge in [0.2, 0.25) is 5.91 Å². The zero-order chi connectivity index (χ0) is 19.8. The minimum atomic E-state index is -4.46. The van der Waals surface area contributed by atoms with E-state index in [4.69, 9.17) is 0 Å². The van der Waals surface area contributed by atoms with E-state index in [-0.39, 0.29) is 23.4 Å². The molecular formula is C19H14F3N2O3-. The number of para-hydroxylation sites is 1. The third-order valence-electron chi connectivity index (χ3n) is 4.24. The van der Waals surface area contributed by atoms with Crippen LogP contribution < -0.4 is 10.4 Å². The number of rotatable bonds is 4. The van der Waals surface area contributed by atoms with Crippen LogP contribution in [0.25, 0.3) is 10.9 Å². The average molecular weight is 375 g/mol. The summed E-state index contributed by atoms with van der Waals surface area (Å²) in [7, 11) is 1.56. The Labute approximate surface area is 152 Å². The van der Waals surface area contributed by atoms with Crippen molar-refractivity contribution in [3.63, 3.8) is 0 Å². The molecule has 1 heterocycles. The van der Waals surface area contributed by atoms with E-state index >= 15 is 0 Å². The van der Waals surface area contributed by atoms with Gasteiger partial charge in [-0.1, -0.05) is 18.2 Å². The van der Waals surface area contributed by atoms with Crippen molar-refractivity contribution < 1.29 is 27.9 Å². The fourth-order valence-electron chi connectivity index (χ4n) is 3.02. The van der Waals surface area contributed by atoms with Crippen LogP contribution in [-0.2, 0) is 24.4 Å².